The van der Waals surface area contributed by atoms with Gasteiger partial charge in [-0.1, -0.05) is 26.7 Å². The minimum Gasteiger partial charge on any atom is -0.376 e. The number of hydrogen-bond donors (Lipinski definition) is 0. The Morgan fingerprint density at radius 2 is 1.83 bits per heavy atom. The minimum atomic E-state index is -3.50. The van der Waals surface area contributed by atoms with Gasteiger partial charge in [0.1, 0.15) is 6.10 Å². The lowest BCUT2D eigenvalue weighted by Crippen LogP contribution is -2.41. The molecule has 6 heteroatoms. The standard InChI is InChI=1S/C12H23ClO4S/c1-3-5-12(6-4-2,10-18(13,14)15)9-17-11-7-16-8-11/h11H,3-10H2,1-2H3. The van der Waals surface area contributed by atoms with Crippen LogP contribution in [0.3, 0.4) is 0 Å². The Balaban J connectivity index is 2.67. The quantitative estimate of drug-likeness (QED) is 0.614. The molecule has 0 bridgehead atoms. The van der Waals surface area contributed by atoms with Crippen molar-refractivity contribution in [1.29, 1.82) is 0 Å². The molecular weight excluding hydrogens is 276 g/mol. The maximum absolute atomic E-state index is 11.4. The first-order valence-electron chi connectivity index (χ1n) is 6.52. The van der Waals surface area contributed by atoms with Crippen LogP contribution in [0.1, 0.15) is 39.5 Å². The minimum absolute atomic E-state index is 0.00316. The van der Waals surface area contributed by atoms with E-state index in [0.29, 0.717) is 19.8 Å². The SMILES string of the molecule is CCCC(CCC)(COC1COC1)CS(=O)(=O)Cl. The van der Waals surface area contributed by atoms with Crippen LogP contribution in [0.4, 0.5) is 0 Å². The van der Waals surface area contributed by atoms with Crippen molar-refractivity contribution in [1.82, 2.24) is 0 Å². The third-order valence-electron chi connectivity index (χ3n) is 3.27. The van der Waals surface area contributed by atoms with Gasteiger partial charge in [-0.3, -0.25) is 0 Å². The molecule has 0 unspecified atom stereocenters. The zero-order valence-corrected chi connectivity index (χ0v) is 12.7. The van der Waals surface area contributed by atoms with Crippen LogP contribution in [0, 0.1) is 5.41 Å². The highest BCUT2D eigenvalue weighted by Gasteiger charge is 2.35. The van der Waals surface area contributed by atoms with Gasteiger partial charge in [-0.05, 0) is 12.8 Å². The van der Waals surface area contributed by atoms with E-state index in [-0.39, 0.29) is 17.3 Å². The van der Waals surface area contributed by atoms with E-state index in [1.165, 1.54) is 0 Å². The first kappa shape index (κ1) is 16.2. The summed E-state index contributed by atoms with van der Waals surface area (Å²) in [5.41, 5.74) is -0.348. The van der Waals surface area contributed by atoms with Crippen molar-refractivity contribution in [3.8, 4) is 0 Å². The van der Waals surface area contributed by atoms with Crippen molar-refractivity contribution in [3.05, 3.63) is 0 Å². The summed E-state index contributed by atoms with van der Waals surface area (Å²) >= 11 is 0. The molecule has 0 aliphatic carbocycles. The summed E-state index contributed by atoms with van der Waals surface area (Å²) in [6, 6.07) is 0. The maximum atomic E-state index is 11.4. The van der Waals surface area contributed by atoms with Crippen LogP contribution in [0.15, 0.2) is 0 Å². The predicted molar refractivity (Wildman–Crippen MR) is 72.4 cm³/mol. The van der Waals surface area contributed by atoms with E-state index in [0.717, 1.165) is 25.7 Å². The third-order valence-corrected chi connectivity index (χ3v) is 4.56. The van der Waals surface area contributed by atoms with E-state index in [9.17, 15) is 8.42 Å². The van der Waals surface area contributed by atoms with Crippen LogP contribution in [-0.2, 0) is 18.5 Å². The molecule has 108 valence electrons. The van der Waals surface area contributed by atoms with Crippen molar-refractivity contribution < 1.29 is 17.9 Å². The van der Waals surface area contributed by atoms with Gasteiger partial charge in [-0.2, -0.15) is 0 Å². The summed E-state index contributed by atoms with van der Waals surface area (Å²) in [5, 5.41) is 0. The van der Waals surface area contributed by atoms with Gasteiger partial charge in [0.25, 0.3) is 0 Å². The molecule has 0 spiro atoms. The monoisotopic (exact) mass is 298 g/mol. The molecule has 4 nitrogen and oxygen atoms in total. The van der Waals surface area contributed by atoms with E-state index in [2.05, 4.69) is 13.8 Å². The Labute approximate surface area is 114 Å². The molecule has 1 saturated heterocycles. The Morgan fingerprint density at radius 1 is 1.28 bits per heavy atom. The molecule has 1 fully saturated rings. The molecular formula is C12H23ClO4S. The zero-order valence-electron chi connectivity index (χ0n) is 11.2. The van der Waals surface area contributed by atoms with Crippen LogP contribution in [0.2, 0.25) is 0 Å². The van der Waals surface area contributed by atoms with Gasteiger partial charge in [0.05, 0.1) is 25.6 Å². The topological polar surface area (TPSA) is 52.6 Å². The van der Waals surface area contributed by atoms with E-state index in [4.69, 9.17) is 20.2 Å². The average molecular weight is 299 g/mol. The molecule has 1 heterocycles. The zero-order chi connectivity index (χ0) is 13.6. The van der Waals surface area contributed by atoms with Crippen LogP contribution in [0.25, 0.3) is 0 Å². The molecule has 1 aliphatic rings. The third kappa shape index (κ3) is 5.43. The predicted octanol–water partition coefficient (Wildman–Crippen LogP) is 2.56. The van der Waals surface area contributed by atoms with Gasteiger partial charge < -0.3 is 9.47 Å². The molecule has 18 heavy (non-hydrogen) atoms. The second-order valence-electron chi connectivity index (χ2n) is 5.15. The van der Waals surface area contributed by atoms with Gasteiger partial charge in [0, 0.05) is 16.1 Å². The summed E-state index contributed by atoms with van der Waals surface area (Å²) in [5.74, 6) is -0.00316. The summed E-state index contributed by atoms with van der Waals surface area (Å²) < 4.78 is 33.6. The largest absolute Gasteiger partial charge is 0.376 e. The number of rotatable bonds is 9. The highest BCUT2D eigenvalue weighted by molar-refractivity contribution is 8.13. The number of halogens is 1. The van der Waals surface area contributed by atoms with Crippen LogP contribution >= 0.6 is 10.7 Å². The van der Waals surface area contributed by atoms with E-state index >= 15 is 0 Å². The van der Waals surface area contributed by atoms with Crippen LogP contribution < -0.4 is 0 Å². The van der Waals surface area contributed by atoms with Gasteiger partial charge in [-0.25, -0.2) is 8.42 Å². The van der Waals surface area contributed by atoms with Crippen molar-refractivity contribution >= 4 is 19.7 Å². The van der Waals surface area contributed by atoms with Gasteiger partial charge in [-0.15, -0.1) is 0 Å². The lowest BCUT2D eigenvalue weighted by atomic mass is 9.82. The molecule has 0 saturated carbocycles. The second-order valence-corrected chi connectivity index (χ2v) is 7.93. The lowest BCUT2D eigenvalue weighted by molar-refractivity contribution is -0.146. The second kappa shape index (κ2) is 7.08. The maximum Gasteiger partial charge on any atom is 0.233 e. The first-order chi connectivity index (χ1) is 8.41. The van der Waals surface area contributed by atoms with E-state index < -0.39 is 9.05 Å². The van der Waals surface area contributed by atoms with Crippen molar-refractivity contribution in [3.63, 3.8) is 0 Å². The lowest BCUT2D eigenvalue weighted by Gasteiger charge is -2.35. The fourth-order valence-electron chi connectivity index (χ4n) is 2.49. The highest BCUT2D eigenvalue weighted by atomic mass is 35.7. The smallest absolute Gasteiger partial charge is 0.233 e. The van der Waals surface area contributed by atoms with E-state index in [1.54, 1.807) is 0 Å². The van der Waals surface area contributed by atoms with Crippen molar-refractivity contribution in [2.24, 2.45) is 5.41 Å². The number of hydrogen-bond acceptors (Lipinski definition) is 4. The van der Waals surface area contributed by atoms with Gasteiger partial charge in [0.15, 0.2) is 0 Å². The fourth-order valence-corrected chi connectivity index (χ4v) is 4.28. The molecule has 0 aromatic heterocycles. The van der Waals surface area contributed by atoms with Gasteiger partial charge in [0.2, 0.25) is 9.05 Å². The normalized spacial score (nSPS) is 17.7. The molecule has 0 N–H and O–H groups in total. The molecule has 1 rings (SSSR count). The molecule has 0 amide bonds. The molecule has 0 aromatic carbocycles. The Kier molecular flexibility index (Phi) is 6.38. The fraction of sp³-hybridized carbons (Fsp3) is 1.00. The molecule has 0 aromatic rings. The van der Waals surface area contributed by atoms with Crippen LogP contribution in [-0.4, -0.2) is 40.1 Å². The molecule has 0 radical (unpaired) electrons. The van der Waals surface area contributed by atoms with E-state index in [1.807, 2.05) is 0 Å². The summed E-state index contributed by atoms with van der Waals surface area (Å²) in [6.45, 7) is 5.79. The summed E-state index contributed by atoms with van der Waals surface area (Å²) in [7, 11) is 1.94. The average Bonchev–Trinajstić information content (AvgIpc) is 2.13. The first-order valence-corrected chi connectivity index (χ1v) is 9.00. The highest BCUT2D eigenvalue weighted by Crippen LogP contribution is 2.34. The van der Waals surface area contributed by atoms with Crippen LogP contribution in [0.5, 0.6) is 0 Å². The molecule has 0 atom stereocenters. The Bertz CT molecular complexity index is 332. The van der Waals surface area contributed by atoms with Crippen molar-refractivity contribution in [2.45, 2.75) is 45.6 Å². The Morgan fingerprint density at radius 3 is 2.17 bits per heavy atom. The summed E-state index contributed by atoms with van der Waals surface area (Å²) in [4.78, 5) is 0. The van der Waals surface area contributed by atoms with Crippen molar-refractivity contribution in [2.75, 3.05) is 25.6 Å². The molecule has 1 aliphatic heterocycles. The summed E-state index contributed by atoms with van der Waals surface area (Å²) in [6.07, 6.45) is 3.62. The Hall–Kier alpha value is 0.160. The number of ether oxygens (including phenoxy) is 2. The van der Waals surface area contributed by atoms with Gasteiger partial charge >= 0.3 is 0 Å².